The highest BCUT2D eigenvalue weighted by atomic mass is 32.1. The Hall–Kier alpha value is -3.54. The number of aliphatic hydroxyl groups excluding tert-OH is 1. The van der Waals surface area contributed by atoms with E-state index < -0.39 is 6.10 Å². The summed E-state index contributed by atoms with van der Waals surface area (Å²) in [6.07, 6.45) is 5.48. The van der Waals surface area contributed by atoms with E-state index in [2.05, 4.69) is 41.7 Å². The first-order valence-corrected chi connectivity index (χ1v) is 10.4. The number of nitrogens with zero attached hydrogens (tertiary/aromatic N) is 5. The number of thiazole rings is 1. The lowest BCUT2D eigenvalue weighted by Gasteiger charge is -2.05. The van der Waals surface area contributed by atoms with Gasteiger partial charge in [-0.3, -0.25) is 9.50 Å². The molecule has 1 atom stereocenters. The second-order valence-corrected chi connectivity index (χ2v) is 8.18. The van der Waals surface area contributed by atoms with Crippen LogP contribution in [-0.4, -0.2) is 36.2 Å². The Morgan fingerprint density at radius 3 is 2.90 bits per heavy atom. The monoisotopic (exact) mass is 414 g/mol. The summed E-state index contributed by atoms with van der Waals surface area (Å²) >= 11 is 1.47. The molecule has 0 aliphatic carbocycles. The van der Waals surface area contributed by atoms with Gasteiger partial charge in [-0.1, -0.05) is 6.07 Å². The Morgan fingerprint density at radius 1 is 1.23 bits per heavy atom. The first-order valence-electron chi connectivity index (χ1n) is 9.53. The number of aryl methyl sites for hydroxylation is 1. The van der Waals surface area contributed by atoms with E-state index in [0.717, 1.165) is 43.9 Å². The number of nitrogens with one attached hydrogen (secondary N) is 1. The summed E-state index contributed by atoms with van der Waals surface area (Å²) in [7, 11) is 0. The fourth-order valence-electron chi connectivity index (χ4n) is 3.55. The van der Waals surface area contributed by atoms with E-state index in [1.165, 1.54) is 11.3 Å². The van der Waals surface area contributed by atoms with Crippen LogP contribution in [0.5, 0.6) is 0 Å². The number of pyridine rings is 1. The van der Waals surface area contributed by atoms with Crippen molar-refractivity contribution in [3.63, 3.8) is 0 Å². The number of aromatic nitrogens is 5. The molecular weight excluding hydrogens is 396 g/mol. The van der Waals surface area contributed by atoms with Crippen molar-refractivity contribution in [2.45, 2.75) is 19.4 Å². The Labute approximate surface area is 176 Å². The van der Waals surface area contributed by atoms with E-state index >= 15 is 0 Å². The molecule has 0 aliphatic heterocycles. The number of H-pyrrole nitrogens is 1. The Kier molecular flexibility index (Phi) is 4.54. The minimum atomic E-state index is -0.698. The van der Waals surface area contributed by atoms with Crippen LogP contribution in [0.2, 0.25) is 0 Å². The third kappa shape index (κ3) is 3.14. The van der Waals surface area contributed by atoms with Gasteiger partial charge in [0.25, 0.3) is 0 Å². The van der Waals surface area contributed by atoms with E-state index in [9.17, 15) is 5.11 Å². The molecule has 0 saturated carbocycles. The van der Waals surface area contributed by atoms with Gasteiger partial charge >= 0.3 is 0 Å². The molecule has 0 bridgehead atoms. The van der Waals surface area contributed by atoms with Gasteiger partial charge in [-0.15, -0.1) is 11.3 Å². The van der Waals surface area contributed by atoms with E-state index in [1.807, 2.05) is 43.6 Å². The first-order chi connectivity index (χ1) is 14.6. The van der Waals surface area contributed by atoms with Crippen LogP contribution < -0.4 is 0 Å². The van der Waals surface area contributed by atoms with Gasteiger partial charge in [0.2, 0.25) is 6.54 Å². The van der Waals surface area contributed by atoms with Crippen molar-refractivity contribution in [2.75, 3.05) is 6.54 Å². The Bertz CT molecular complexity index is 1410. The van der Waals surface area contributed by atoms with Crippen LogP contribution >= 0.6 is 11.3 Å². The predicted octanol–water partition coefficient (Wildman–Crippen LogP) is 4.65. The standard InChI is InChI=1S/C22H18N6OS/c1-13-16(10-25-27-13)15-4-6-21-24-11-18(28(21)12-15)14-3-5-17-20(9-14)30-22(26-17)19(29)7-8-23-2/h3-6,9-12,19,29H,7-8H2,1H3,(H,25,27). The van der Waals surface area contributed by atoms with Gasteiger partial charge in [-0.25, -0.2) is 16.5 Å². The van der Waals surface area contributed by atoms with Crippen LogP contribution in [0.3, 0.4) is 0 Å². The molecule has 30 heavy (non-hydrogen) atoms. The van der Waals surface area contributed by atoms with Crippen molar-refractivity contribution in [1.82, 2.24) is 24.6 Å². The van der Waals surface area contributed by atoms with Crippen LogP contribution in [0.15, 0.2) is 48.9 Å². The summed E-state index contributed by atoms with van der Waals surface area (Å²) in [6, 6.07) is 10.1. The van der Waals surface area contributed by atoms with Crippen LogP contribution in [0.4, 0.5) is 0 Å². The maximum absolute atomic E-state index is 10.3. The minimum absolute atomic E-state index is 0.294. The van der Waals surface area contributed by atoms with Gasteiger partial charge in [0.1, 0.15) is 16.8 Å². The molecule has 0 radical (unpaired) electrons. The van der Waals surface area contributed by atoms with Gasteiger partial charge in [0.05, 0.1) is 34.7 Å². The number of fused-ring (bicyclic) bond motifs is 2. The number of aliphatic hydroxyl groups is 1. The number of rotatable bonds is 5. The maximum atomic E-state index is 10.3. The third-order valence-electron chi connectivity index (χ3n) is 5.15. The van der Waals surface area contributed by atoms with Crippen LogP contribution in [0.25, 0.3) is 43.1 Å². The van der Waals surface area contributed by atoms with Crippen LogP contribution in [0, 0.1) is 13.5 Å². The van der Waals surface area contributed by atoms with Crippen LogP contribution in [-0.2, 0) is 0 Å². The van der Waals surface area contributed by atoms with Crippen LogP contribution in [0.1, 0.15) is 23.2 Å². The number of hydrogen-bond acceptors (Lipinski definition) is 5. The zero-order valence-electron chi connectivity index (χ0n) is 16.2. The number of hydrogen-bond donors (Lipinski definition) is 2. The molecule has 0 spiro atoms. The fourth-order valence-corrected chi connectivity index (χ4v) is 4.58. The smallest absolute Gasteiger partial charge is 0.217 e. The van der Waals surface area contributed by atoms with Crippen molar-refractivity contribution < 1.29 is 5.11 Å². The molecule has 8 heteroatoms. The maximum Gasteiger partial charge on any atom is 0.217 e. The average Bonchev–Trinajstić information content (AvgIpc) is 3.48. The second kappa shape index (κ2) is 7.37. The third-order valence-corrected chi connectivity index (χ3v) is 6.27. The van der Waals surface area contributed by atoms with Gasteiger partial charge in [-0.05, 0) is 31.2 Å². The van der Waals surface area contributed by atoms with Crippen molar-refractivity contribution in [2.24, 2.45) is 0 Å². The summed E-state index contributed by atoms with van der Waals surface area (Å²) in [6.45, 7) is 9.19. The summed E-state index contributed by atoms with van der Waals surface area (Å²) in [5.74, 6) is 0. The van der Waals surface area contributed by atoms with Crippen molar-refractivity contribution in [3.8, 4) is 22.4 Å². The largest absolute Gasteiger partial charge is 0.386 e. The first kappa shape index (κ1) is 18.5. The zero-order chi connectivity index (χ0) is 20.7. The van der Waals surface area contributed by atoms with Crippen molar-refractivity contribution >= 4 is 27.2 Å². The number of imidazole rings is 1. The van der Waals surface area contributed by atoms with Gasteiger partial charge < -0.3 is 9.95 Å². The van der Waals surface area contributed by atoms with Gasteiger partial charge in [-0.2, -0.15) is 5.10 Å². The topological polar surface area (TPSA) is 83.5 Å². The lowest BCUT2D eigenvalue weighted by Crippen LogP contribution is -1.97. The number of benzene rings is 1. The highest BCUT2D eigenvalue weighted by Crippen LogP contribution is 2.32. The predicted molar refractivity (Wildman–Crippen MR) is 117 cm³/mol. The SMILES string of the molecule is [C-]#[N+]CCC(O)c1nc2ccc(-c3cnc4ccc(-c5cn[nH]c5C)cn34)cc2s1. The summed E-state index contributed by atoms with van der Waals surface area (Å²) in [5, 5.41) is 18.0. The second-order valence-electron chi connectivity index (χ2n) is 7.12. The average molecular weight is 414 g/mol. The highest BCUT2D eigenvalue weighted by Gasteiger charge is 2.16. The lowest BCUT2D eigenvalue weighted by molar-refractivity contribution is 0.172. The van der Waals surface area contributed by atoms with Gasteiger partial charge in [0.15, 0.2) is 0 Å². The summed E-state index contributed by atoms with van der Waals surface area (Å²) in [4.78, 5) is 12.4. The van der Waals surface area contributed by atoms with E-state index in [-0.39, 0.29) is 0 Å². The molecule has 0 aliphatic rings. The molecule has 1 aromatic carbocycles. The Balaban J connectivity index is 1.56. The molecule has 4 aromatic heterocycles. The quantitative estimate of drug-likeness (QED) is 0.410. The van der Waals surface area contributed by atoms with Gasteiger partial charge in [0, 0.05) is 28.6 Å². The molecule has 0 amide bonds. The lowest BCUT2D eigenvalue weighted by atomic mass is 10.1. The number of aromatic amines is 1. The summed E-state index contributed by atoms with van der Waals surface area (Å²) in [5.41, 5.74) is 6.88. The van der Waals surface area contributed by atoms with E-state index in [0.29, 0.717) is 18.0 Å². The molecule has 4 heterocycles. The van der Waals surface area contributed by atoms with E-state index in [4.69, 9.17) is 6.57 Å². The zero-order valence-corrected chi connectivity index (χ0v) is 17.0. The van der Waals surface area contributed by atoms with Crippen molar-refractivity contribution in [1.29, 1.82) is 0 Å². The molecule has 2 N–H and O–H groups in total. The van der Waals surface area contributed by atoms with E-state index in [1.54, 1.807) is 0 Å². The molecule has 0 fully saturated rings. The highest BCUT2D eigenvalue weighted by molar-refractivity contribution is 7.18. The molecular formula is C22H18N6OS. The minimum Gasteiger partial charge on any atom is -0.386 e. The molecule has 5 rings (SSSR count). The fraction of sp³-hybridized carbons (Fsp3) is 0.182. The normalized spacial score (nSPS) is 12.4. The molecule has 5 aromatic rings. The molecule has 1 unspecified atom stereocenters. The molecule has 148 valence electrons. The molecule has 7 nitrogen and oxygen atoms in total. The summed E-state index contributed by atoms with van der Waals surface area (Å²) < 4.78 is 3.08. The molecule has 0 saturated heterocycles. The Morgan fingerprint density at radius 2 is 2.10 bits per heavy atom. The van der Waals surface area contributed by atoms with Crippen molar-refractivity contribution in [3.05, 3.63) is 71.0 Å².